The van der Waals surface area contributed by atoms with Gasteiger partial charge in [-0.05, 0) is 43.9 Å². The van der Waals surface area contributed by atoms with Crippen molar-refractivity contribution in [1.82, 2.24) is 4.90 Å². The molecule has 2 aliphatic heterocycles. The van der Waals surface area contributed by atoms with E-state index >= 15 is 0 Å². The Kier molecular flexibility index (Phi) is 7.30. The van der Waals surface area contributed by atoms with E-state index in [4.69, 9.17) is 4.52 Å². The fourth-order valence-corrected chi connectivity index (χ4v) is 6.32. The van der Waals surface area contributed by atoms with Crippen molar-refractivity contribution in [3.05, 3.63) is 29.5 Å². The molecule has 15 heteroatoms. The second-order valence-electron chi connectivity index (χ2n) is 10.2. The van der Waals surface area contributed by atoms with Crippen LogP contribution < -0.4 is 15.3 Å². The molecule has 0 radical (unpaired) electrons. The minimum Gasteiger partial charge on any atom is -0.508 e. The predicted octanol–water partition coefficient (Wildman–Crippen LogP) is 4.15. The molecule has 0 aromatic heterocycles. The molecule has 1 aromatic rings. The molecular formula is C22H30F3N4O6PS. The first-order chi connectivity index (χ1) is 16.7. The minimum absolute atomic E-state index is 0.0543. The summed E-state index contributed by atoms with van der Waals surface area (Å²) in [5.74, 6) is -2.94. The normalized spacial score (nSPS) is 24.6. The number of nitrogens with zero attached hydrogens (tertiary/aromatic N) is 2. The van der Waals surface area contributed by atoms with Gasteiger partial charge >= 0.3 is 13.7 Å². The van der Waals surface area contributed by atoms with Gasteiger partial charge in [-0.25, -0.2) is 8.42 Å². The number of amidine groups is 1. The molecule has 3 rings (SSSR count). The van der Waals surface area contributed by atoms with Crippen LogP contribution in [-0.4, -0.2) is 61.3 Å². The predicted molar refractivity (Wildman–Crippen MR) is 135 cm³/mol. The van der Waals surface area contributed by atoms with Crippen molar-refractivity contribution in [2.75, 3.05) is 29.4 Å². The molecule has 2 atom stereocenters. The molecule has 37 heavy (non-hydrogen) atoms. The SMILES string of the molecule is CCOP1(=O)N=C(C2=C(O)C(C)(C(F)(F)F)N(CCC(C)(C)C)C2=O)Nc2ccc(NS(C)(=O)=O)cc21. The van der Waals surface area contributed by atoms with Crippen LogP contribution in [0.4, 0.5) is 24.5 Å². The lowest BCUT2D eigenvalue weighted by Crippen LogP contribution is -2.57. The summed E-state index contributed by atoms with van der Waals surface area (Å²) in [6, 6.07) is 3.87. The van der Waals surface area contributed by atoms with Gasteiger partial charge in [0.25, 0.3) is 5.91 Å². The Labute approximate surface area is 213 Å². The zero-order chi connectivity index (χ0) is 28.2. The average molecular weight is 567 g/mol. The third kappa shape index (κ3) is 5.51. The number of carbonyl (C=O) groups is 1. The van der Waals surface area contributed by atoms with Crippen LogP contribution in [0.2, 0.25) is 0 Å². The fraction of sp³-hybridized carbons (Fsp3) is 0.545. The Hall–Kier alpha value is -2.57. The van der Waals surface area contributed by atoms with Gasteiger partial charge in [-0.1, -0.05) is 20.8 Å². The number of sulfonamides is 1. The maximum atomic E-state index is 14.3. The number of nitrogens with one attached hydrogen (secondary N) is 2. The number of alkyl halides is 3. The van der Waals surface area contributed by atoms with Crippen molar-refractivity contribution in [3.8, 4) is 0 Å². The lowest BCUT2D eigenvalue weighted by atomic mass is 9.90. The number of benzene rings is 1. The molecule has 0 aliphatic carbocycles. The van der Waals surface area contributed by atoms with Crippen LogP contribution in [0.3, 0.4) is 0 Å². The van der Waals surface area contributed by atoms with Gasteiger partial charge in [0, 0.05) is 12.2 Å². The highest BCUT2D eigenvalue weighted by atomic mass is 32.2. The van der Waals surface area contributed by atoms with Crippen LogP contribution in [0.25, 0.3) is 0 Å². The van der Waals surface area contributed by atoms with Crippen LogP contribution in [0.1, 0.15) is 41.0 Å². The Morgan fingerprint density at radius 2 is 1.89 bits per heavy atom. The summed E-state index contributed by atoms with van der Waals surface area (Å²) in [5, 5.41) is 13.5. The topological polar surface area (TPSA) is 137 Å². The molecule has 206 valence electrons. The third-order valence-corrected chi connectivity index (χ3v) is 8.62. The fourth-order valence-electron chi connectivity index (χ4n) is 3.96. The van der Waals surface area contributed by atoms with Gasteiger partial charge in [0.2, 0.25) is 10.0 Å². The van der Waals surface area contributed by atoms with E-state index in [0.717, 1.165) is 6.26 Å². The lowest BCUT2D eigenvalue weighted by Gasteiger charge is -2.38. The number of aliphatic hydroxyl groups excluding tert-OH is 1. The molecule has 0 spiro atoms. The molecule has 0 saturated carbocycles. The highest BCUT2D eigenvalue weighted by Gasteiger charge is 2.65. The van der Waals surface area contributed by atoms with E-state index < -0.39 is 57.7 Å². The molecule has 0 fully saturated rings. The summed E-state index contributed by atoms with van der Waals surface area (Å²) >= 11 is 0. The summed E-state index contributed by atoms with van der Waals surface area (Å²) in [6.45, 7) is 7.22. The number of rotatable bonds is 7. The van der Waals surface area contributed by atoms with Gasteiger partial charge in [0.1, 0.15) is 11.3 Å². The Morgan fingerprint density at radius 3 is 2.41 bits per heavy atom. The summed E-state index contributed by atoms with van der Waals surface area (Å²) in [6.07, 6.45) is -3.90. The van der Waals surface area contributed by atoms with Crippen molar-refractivity contribution < 1.29 is 40.6 Å². The van der Waals surface area contributed by atoms with E-state index in [-0.39, 0.29) is 36.3 Å². The van der Waals surface area contributed by atoms with Gasteiger partial charge in [0.05, 0.1) is 23.9 Å². The molecule has 0 saturated heterocycles. The number of amides is 1. The van der Waals surface area contributed by atoms with Crippen molar-refractivity contribution in [1.29, 1.82) is 0 Å². The average Bonchev–Trinajstić information content (AvgIpc) is 2.91. The smallest absolute Gasteiger partial charge is 0.418 e. The van der Waals surface area contributed by atoms with Gasteiger partial charge in [-0.3, -0.25) is 14.1 Å². The first kappa shape index (κ1) is 29.0. The first-order valence-electron chi connectivity index (χ1n) is 11.3. The summed E-state index contributed by atoms with van der Waals surface area (Å²) in [4.78, 5) is 13.9. The van der Waals surface area contributed by atoms with E-state index in [1.807, 2.05) is 20.8 Å². The maximum absolute atomic E-state index is 14.3. The standard InChI is InChI=1S/C22H30F3N4O6PS/c1-7-35-36(32)15-12-13(28-37(6,33)34)8-9-14(15)26-18(27-36)16-17(30)21(5,22(23,24)25)29(19(16)31)11-10-20(2,3)4/h8-9,12,28,30H,7,10-11H2,1-6H3,(H,26,27,32). The van der Waals surface area contributed by atoms with Gasteiger partial charge in [-0.15, -0.1) is 0 Å². The van der Waals surface area contributed by atoms with Crippen LogP contribution in [-0.2, 0) is 23.9 Å². The molecule has 2 aliphatic rings. The minimum atomic E-state index is -5.03. The monoisotopic (exact) mass is 566 g/mol. The Balaban J connectivity index is 2.16. The number of fused-ring (bicyclic) bond motifs is 1. The molecule has 0 bridgehead atoms. The largest absolute Gasteiger partial charge is 0.508 e. The summed E-state index contributed by atoms with van der Waals surface area (Å²) in [5.41, 5.74) is -4.09. The van der Waals surface area contributed by atoms with E-state index in [0.29, 0.717) is 11.8 Å². The second kappa shape index (κ2) is 9.32. The molecule has 2 heterocycles. The van der Waals surface area contributed by atoms with E-state index in [9.17, 15) is 36.1 Å². The first-order valence-corrected chi connectivity index (χ1v) is 14.8. The molecule has 3 N–H and O–H groups in total. The van der Waals surface area contributed by atoms with Crippen molar-refractivity contribution in [2.24, 2.45) is 10.2 Å². The summed E-state index contributed by atoms with van der Waals surface area (Å²) in [7, 11) is -7.88. The number of hydrogen-bond acceptors (Lipinski definition) is 7. The van der Waals surface area contributed by atoms with Crippen LogP contribution in [0.15, 0.2) is 34.3 Å². The Morgan fingerprint density at radius 1 is 1.27 bits per heavy atom. The van der Waals surface area contributed by atoms with Crippen LogP contribution in [0.5, 0.6) is 0 Å². The molecule has 10 nitrogen and oxygen atoms in total. The highest BCUT2D eigenvalue weighted by Crippen LogP contribution is 2.54. The zero-order valence-corrected chi connectivity index (χ0v) is 22.9. The van der Waals surface area contributed by atoms with Gasteiger partial charge in [0.15, 0.2) is 11.4 Å². The number of aliphatic hydroxyl groups is 1. The number of halogens is 3. The van der Waals surface area contributed by atoms with Crippen molar-refractivity contribution >= 4 is 46.0 Å². The van der Waals surface area contributed by atoms with E-state index in [1.54, 1.807) is 0 Å². The summed E-state index contributed by atoms with van der Waals surface area (Å²) < 4.78 is 91.5. The van der Waals surface area contributed by atoms with Gasteiger partial charge in [-0.2, -0.15) is 17.9 Å². The van der Waals surface area contributed by atoms with Crippen LogP contribution in [0, 0.1) is 5.41 Å². The third-order valence-electron chi connectivity index (χ3n) is 5.97. The maximum Gasteiger partial charge on any atom is 0.418 e. The molecule has 2 unspecified atom stereocenters. The van der Waals surface area contributed by atoms with Crippen LogP contribution >= 0.6 is 7.52 Å². The van der Waals surface area contributed by atoms with E-state index in [2.05, 4.69) is 14.8 Å². The second-order valence-corrected chi connectivity index (χ2v) is 13.9. The number of hydrogen-bond donors (Lipinski definition) is 3. The molecule has 1 aromatic carbocycles. The highest BCUT2D eigenvalue weighted by molar-refractivity contribution is 7.92. The lowest BCUT2D eigenvalue weighted by molar-refractivity contribution is -0.216. The van der Waals surface area contributed by atoms with Gasteiger partial charge < -0.3 is 19.8 Å². The zero-order valence-electron chi connectivity index (χ0n) is 21.2. The molecular weight excluding hydrogens is 536 g/mol. The van der Waals surface area contributed by atoms with E-state index in [1.165, 1.54) is 25.1 Å². The quantitative estimate of drug-likeness (QED) is 0.422. The number of anilines is 2. The van der Waals surface area contributed by atoms with Crippen molar-refractivity contribution in [3.63, 3.8) is 0 Å². The van der Waals surface area contributed by atoms with Crippen molar-refractivity contribution in [2.45, 2.75) is 52.8 Å². The molecule has 1 amide bonds. The number of carbonyl (C=O) groups excluding carboxylic acids is 1. The Bertz CT molecular complexity index is 1340.